The Kier molecular flexibility index (Phi) is 12.3. The number of phenols is 4. The largest absolute Gasteiger partial charge is 0.508 e. The lowest BCUT2D eigenvalue weighted by Crippen LogP contribution is -2.13. The topological polar surface area (TPSA) is 80.9 Å². The fraction of sp³-hybridized carbons (Fsp3) is 0.400. The molecule has 0 spiro atoms. The summed E-state index contributed by atoms with van der Waals surface area (Å²) in [5.41, 5.74) is 8.53. The van der Waals surface area contributed by atoms with E-state index in [2.05, 4.69) is 52.0 Å². The Labute approximate surface area is 265 Å². The normalized spacial score (nSPS) is 12.0. The SMILES string of the molecule is CCC(CC)C(c1ccc(O)c(C)c1)c1ccc(O)c(C)c1.CCCC(C)C(c1ccc(O)c(C)c1)c1ccc(O)c(C)c1. The lowest BCUT2D eigenvalue weighted by atomic mass is 9.77. The van der Waals surface area contributed by atoms with E-state index in [9.17, 15) is 20.4 Å². The number of hydrogen-bond acceptors (Lipinski definition) is 4. The highest BCUT2D eigenvalue weighted by Crippen LogP contribution is 2.39. The predicted octanol–water partition coefficient (Wildman–Crippen LogP) is 10.6. The molecule has 4 N–H and O–H groups in total. The van der Waals surface area contributed by atoms with Crippen molar-refractivity contribution >= 4 is 0 Å². The van der Waals surface area contributed by atoms with Crippen LogP contribution < -0.4 is 0 Å². The third-order valence-corrected chi connectivity index (χ3v) is 9.15. The van der Waals surface area contributed by atoms with Crippen LogP contribution in [0.2, 0.25) is 0 Å². The lowest BCUT2D eigenvalue weighted by molar-refractivity contribution is 0.434. The zero-order valence-electron chi connectivity index (χ0n) is 27.9. The van der Waals surface area contributed by atoms with Crippen LogP contribution in [0.15, 0.2) is 72.8 Å². The molecular formula is C40H52O4. The van der Waals surface area contributed by atoms with Crippen LogP contribution in [0.5, 0.6) is 23.0 Å². The highest BCUT2D eigenvalue weighted by molar-refractivity contribution is 5.45. The van der Waals surface area contributed by atoms with Gasteiger partial charge < -0.3 is 20.4 Å². The van der Waals surface area contributed by atoms with Crippen molar-refractivity contribution in [1.82, 2.24) is 0 Å². The van der Waals surface area contributed by atoms with E-state index >= 15 is 0 Å². The van der Waals surface area contributed by atoms with Gasteiger partial charge in [0.15, 0.2) is 0 Å². The summed E-state index contributed by atoms with van der Waals surface area (Å²) in [7, 11) is 0. The van der Waals surface area contributed by atoms with Crippen LogP contribution in [0, 0.1) is 39.5 Å². The molecule has 4 nitrogen and oxygen atoms in total. The molecule has 0 bridgehead atoms. The molecule has 0 aliphatic rings. The molecule has 0 fully saturated rings. The molecule has 0 heterocycles. The Balaban J connectivity index is 0.000000240. The van der Waals surface area contributed by atoms with Crippen molar-refractivity contribution in [2.24, 2.45) is 11.8 Å². The van der Waals surface area contributed by atoms with E-state index in [4.69, 9.17) is 0 Å². The van der Waals surface area contributed by atoms with E-state index in [1.54, 1.807) is 24.3 Å². The summed E-state index contributed by atoms with van der Waals surface area (Å²) >= 11 is 0. The second-order valence-corrected chi connectivity index (χ2v) is 12.5. The molecule has 44 heavy (non-hydrogen) atoms. The second-order valence-electron chi connectivity index (χ2n) is 12.5. The lowest BCUT2D eigenvalue weighted by Gasteiger charge is -2.27. The van der Waals surface area contributed by atoms with Crippen molar-refractivity contribution in [3.05, 3.63) is 117 Å². The van der Waals surface area contributed by atoms with Crippen molar-refractivity contribution in [3.8, 4) is 23.0 Å². The van der Waals surface area contributed by atoms with E-state index in [0.717, 1.165) is 47.9 Å². The fourth-order valence-electron chi connectivity index (χ4n) is 6.46. The average Bonchev–Trinajstić information content (AvgIpc) is 2.99. The first kappa shape index (κ1) is 34.6. The summed E-state index contributed by atoms with van der Waals surface area (Å²) < 4.78 is 0. The molecule has 0 radical (unpaired) electrons. The molecule has 0 saturated carbocycles. The molecule has 1 unspecified atom stereocenters. The number of aromatic hydroxyl groups is 4. The Morgan fingerprint density at radius 1 is 0.477 bits per heavy atom. The fourth-order valence-corrected chi connectivity index (χ4v) is 6.46. The van der Waals surface area contributed by atoms with Gasteiger partial charge in [0.25, 0.3) is 0 Å². The van der Waals surface area contributed by atoms with Crippen LogP contribution in [0.25, 0.3) is 0 Å². The first-order valence-corrected chi connectivity index (χ1v) is 16.1. The van der Waals surface area contributed by atoms with Crippen LogP contribution in [0.3, 0.4) is 0 Å². The van der Waals surface area contributed by atoms with Gasteiger partial charge in [0, 0.05) is 11.8 Å². The van der Waals surface area contributed by atoms with Gasteiger partial charge in [0.2, 0.25) is 0 Å². The van der Waals surface area contributed by atoms with E-state index in [1.165, 1.54) is 22.3 Å². The van der Waals surface area contributed by atoms with E-state index in [0.29, 0.717) is 34.8 Å². The molecule has 0 aliphatic carbocycles. The molecule has 1 atom stereocenters. The van der Waals surface area contributed by atoms with Gasteiger partial charge >= 0.3 is 0 Å². The number of aryl methyl sites for hydroxylation is 4. The summed E-state index contributed by atoms with van der Waals surface area (Å²) in [6, 6.07) is 23.5. The summed E-state index contributed by atoms with van der Waals surface area (Å²) in [6.07, 6.45) is 4.48. The molecule has 0 aliphatic heterocycles. The number of phenolic OH excluding ortho intramolecular Hbond substituents is 4. The molecule has 0 amide bonds. The van der Waals surface area contributed by atoms with Crippen molar-refractivity contribution in [2.45, 2.75) is 92.9 Å². The van der Waals surface area contributed by atoms with Crippen molar-refractivity contribution < 1.29 is 20.4 Å². The van der Waals surface area contributed by atoms with Crippen LogP contribution in [-0.2, 0) is 0 Å². The van der Waals surface area contributed by atoms with Crippen molar-refractivity contribution in [2.75, 3.05) is 0 Å². The van der Waals surface area contributed by atoms with Gasteiger partial charge in [-0.15, -0.1) is 0 Å². The maximum Gasteiger partial charge on any atom is 0.118 e. The minimum absolute atomic E-state index is 0.276. The van der Waals surface area contributed by atoms with Gasteiger partial charge in [-0.2, -0.15) is 0 Å². The molecule has 4 aromatic rings. The van der Waals surface area contributed by atoms with Gasteiger partial charge in [-0.05, 0) is 108 Å². The van der Waals surface area contributed by atoms with Gasteiger partial charge in [-0.25, -0.2) is 0 Å². The quantitative estimate of drug-likeness (QED) is 0.147. The Morgan fingerprint density at radius 3 is 1.02 bits per heavy atom. The second kappa shape index (κ2) is 15.7. The average molecular weight is 597 g/mol. The molecule has 4 aromatic carbocycles. The van der Waals surface area contributed by atoms with Gasteiger partial charge in [-0.3, -0.25) is 0 Å². The summed E-state index contributed by atoms with van der Waals surface area (Å²) in [5.74, 6) is 2.96. The minimum atomic E-state index is 0.276. The first-order chi connectivity index (χ1) is 20.9. The highest BCUT2D eigenvalue weighted by atomic mass is 16.3. The summed E-state index contributed by atoms with van der Waals surface area (Å²) in [4.78, 5) is 0. The van der Waals surface area contributed by atoms with Gasteiger partial charge in [0.1, 0.15) is 23.0 Å². The predicted molar refractivity (Wildman–Crippen MR) is 183 cm³/mol. The Bertz CT molecular complexity index is 1420. The van der Waals surface area contributed by atoms with Crippen LogP contribution >= 0.6 is 0 Å². The highest BCUT2D eigenvalue weighted by Gasteiger charge is 2.24. The van der Waals surface area contributed by atoms with Crippen molar-refractivity contribution in [1.29, 1.82) is 0 Å². The van der Waals surface area contributed by atoms with E-state index in [-0.39, 0.29) is 11.8 Å². The summed E-state index contributed by atoms with van der Waals surface area (Å²) in [6.45, 7) is 16.7. The molecule has 0 saturated heterocycles. The van der Waals surface area contributed by atoms with Crippen LogP contribution in [0.4, 0.5) is 0 Å². The zero-order valence-corrected chi connectivity index (χ0v) is 27.9. The molecule has 236 valence electrons. The number of rotatable bonds is 10. The first-order valence-electron chi connectivity index (χ1n) is 16.1. The Hall–Kier alpha value is -3.92. The maximum absolute atomic E-state index is 9.80. The Morgan fingerprint density at radius 2 is 0.773 bits per heavy atom. The van der Waals surface area contributed by atoms with Crippen LogP contribution in [-0.4, -0.2) is 20.4 Å². The van der Waals surface area contributed by atoms with Gasteiger partial charge in [-0.1, -0.05) is 102 Å². The smallest absolute Gasteiger partial charge is 0.118 e. The van der Waals surface area contributed by atoms with Gasteiger partial charge in [0.05, 0.1) is 0 Å². The minimum Gasteiger partial charge on any atom is -0.508 e. The maximum atomic E-state index is 9.80. The molecule has 4 heteroatoms. The monoisotopic (exact) mass is 596 g/mol. The number of hydrogen-bond donors (Lipinski definition) is 4. The molecular weight excluding hydrogens is 544 g/mol. The number of benzene rings is 4. The zero-order chi connectivity index (χ0) is 32.6. The third-order valence-electron chi connectivity index (χ3n) is 9.15. The van der Waals surface area contributed by atoms with E-state index in [1.807, 2.05) is 52.0 Å². The molecule has 4 rings (SSSR count). The molecule has 0 aromatic heterocycles. The van der Waals surface area contributed by atoms with E-state index < -0.39 is 0 Å². The van der Waals surface area contributed by atoms with Crippen molar-refractivity contribution in [3.63, 3.8) is 0 Å². The summed E-state index contributed by atoms with van der Waals surface area (Å²) in [5, 5.41) is 39.2. The van der Waals surface area contributed by atoms with Crippen LogP contribution in [0.1, 0.15) is 110 Å². The standard InChI is InChI=1S/2C20H26O2/c1-5-6-13(2)20(16-7-9-18(21)14(3)11-16)17-8-10-19(22)15(4)12-17;1-5-15(6-2)20(16-7-9-18(21)13(3)11-16)17-8-10-19(22)14(4)12-17/h7-13,20-22H,5-6H2,1-4H3;7-12,15,20-22H,5-6H2,1-4H3. The third kappa shape index (κ3) is 8.37.